The molecule has 0 unspecified atom stereocenters. The van der Waals surface area contributed by atoms with Crippen LogP contribution in [-0.4, -0.2) is 26.0 Å². The molecule has 19 heavy (non-hydrogen) atoms. The number of hydrogen-bond donors (Lipinski definition) is 2. The number of carbonyl (C=O) groups is 1. The van der Waals surface area contributed by atoms with Crippen LogP contribution in [0, 0.1) is 17.0 Å². The molecular weight excluding hydrogens is 274 g/mol. The van der Waals surface area contributed by atoms with Crippen molar-refractivity contribution in [1.82, 2.24) is 15.2 Å². The first kappa shape index (κ1) is 13.0. The Morgan fingerprint density at radius 2 is 2.26 bits per heavy atom. The number of nitrogens with zero attached hydrogens (tertiary/aromatic N) is 3. The molecule has 1 amide bonds. The maximum atomic E-state index is 11.9. The summed E-state index contributed by atoms with van der Waals surface area (Å²) in [7, 11) is 0. The summed E-state index contributed by atoms with van der Waals surface area (Å²) < 4.78 is 0. The van der Waals surface area contributed by atoms with Gasteiger partial charge in [-0.25, -0.2) is 0 Å². The molecular formula is C10H8ClN5O3. The summed E-state index contributed by atoms with van der Waals surface area (Å²) in [6.45, 7) is 1.67. The average molecular weight is 282 g/mol. The van der Waals surface area contributed by atoms with Crippen molar-refractivity contribution in [2.24, 2.45) is 0 Å². The van der Waals surface area contributed by atoms with Crippen molar-refractivity contribution in [2.75, 3.05) is 5.32 Å². The monoisotopic (exact) mass is 281 g/mol. The Kier molecular flexibility index (Phi) is 3.43. The zero-order valence-corrected chi connectivity index (χ0v) is 10.4. The number of benzene rings is 1. The lowest BCUT2D eigenvalue weighted by Crippen LogP contribution is -2.14. The number of nitro benzene ring substituents is 1. The Morgan fingerprint density at radius 1 is 1.53 bits per heavy atom. The predicted octanol–water partition coefficient (Wildman–Crippen LogP) is 1.93. The highest BCUT2D eigenvalue weighted by Crippen LogP contribution is 2.22. The molecule has 0 aliphatic carbocycles. The fraction of sp³-hybridized carbons (Fsp3) is 0.100. The highest BCUT2D eigenvalue weighted by atomic mass is 35.5. The number of aromatic amines is 1. The number of nitrogens with one attached hydrogen (secondary N) is 2. The summed E-state index contributed by atoms with van der Waals surface area (Å²) in [6, 6.07) is 3.60. The summed E-state index contributed by atoms with van der Waals surface area (Å²) in [5.74, 6) is -0.0155. The van der Waals surface area contributed by atoms with E-state index >= 15 is 0 Å². The van der Waals surface area contributed by atoms with Crippen LogP contribution in [0.15, 0.2) is 18.2 Å². The van der Waals surface area contributed by atoms with Gasteiger partial charge in [0.2, 0.25) is 5.95 Å². The summed E-state index contributed by atoms with van der Waals surface area (Å²) in [4.78, 5) is 25.8. The molecule has 0 radical (unpaired) electrons. The normalized spacial score (nSPS) is 10.2. The van der Waals surface area contributed by atoms with Crippen LogP contribution < -0.4 is 5.32 Å². The Hall–Kier alpha value is -2.48. The Labute approximate surface area is 112 Å². The minimum atomic E-state index is -0.618. The molecule has 1 aromatic heterocycles. The molecule has 2 rings (SSSR count). The molecule has 1 aromatic carbocycles. The number of rotatable bonds is 3. The van der Waals surface area contributed by atoms with E-state index in [0.717, 1.165) is 6.07 Å². The van der Waals surface area contributed by atoms with Crippen LogP contribution in [0.2, 0.25) is 5.02 Å². The highest BCUT2D eigenvalue weighted by molar-refractivity contribution is 6.34. The van der Waals surface area contributed by atoms with E-state index in [1.807, 2.05) is 0 Å². The molecule has 0 bridgehead atoms. The summed E-state index contributed by atoms with van der Waals surface area (Å²) in [5.41, 5.74) is -0.237. The Morgan fingerprint density at radius 3 is 2.84 bits per heavy atom. The molecule has 0 fully saturated rings. The SMILES string of the molecule is Cc1nc(NC(=O)c2cc([N+](=O)[O-])ccc2Cl)n[nH]1. The van der Waals surface area contributed by atoms with E-state index in [1.54, 1.807) is 6.92 Å². The number of non-ortho nitro benzene ring substituents is 1. The van der Waals surface area contributed by atoms with Gasteiger partial charge in [0.25, 0.3) is 11.6 Å². The third-order valence-electron chi connectivity index (χ3n) is 2.23. The van der Waals surface area contributed by atoms with Gasteiger partial charge in [-0.15, -0.1) is 5.10 Å². The number of amides is 1. The summed E-state index contributed by atoms with van der Waals surface area (Å²) >= 11 is 5.84. The number of carbonyl (C=O) groups excluding carboxylic acids is 1. The second kappa shape index (κ2) is 5.02. The van der Waals surface area contributed by atoms with E-state index in [9.17, 15) is 14.9 Å². The van der Waals surface area contributed by atoms with Crippen LogP contribution >= 0.6 is 11.6 Å². The fourth-order valence-corrected chi connectivity index (χ4v) is 1.57. The standard InChI is InChI=1S/C10H8ClN5O3/c1-5-12-10(15-14-5)13-9(17)7-4-6(16(18)19)2-3-8(7)11/h2-4H,1H3,(H2,12,13,14,15,17). The zero-order valence-electron chi connectivity index (χ0n) is 9.68. The van der Waals surface area contributed by atoms with Gasteiger partial charge in [-0.2, -0.15) is 4.98 Å². The quantitative estimate of drug-likeness (QED) is 0.659. The number of H-pyrrole nitrogens is 1. The average Bonchev–Trinajstić information content (AvgIpc) is 2.74. The number of aromatic nitrogens is 3. The third kappa shape index (κ3) is 2.86. The lowest BCUT2D eigenvalue weighted by Gasteiger charge is -2.03. The molecule has 8 nitrogen and oxygen atoms in total. The van der Waals surface area contributed by atoms with Crippen molar-refractivity contribution in [3.8, 4) is 0 Å². The molecule has 1 heterocycles. The second-order valence-electron chi connectivity index (χ2n) is 3.62. The van der Waals surface area contributed by atoms with Crippen molar-refractivity contribution in [3.05, 3.63) is 44.7 Å². The van der Waals surface area contributed by atoms with E-state index in [1.165, 1.54) is 12.1 Å². The minimum Gasteiger partial charge on any atom is -0.289 e. The predicted molar refractivity (Wildman–Crippen MR) is 67.2 cm³/mol. The maximum Gasteiger partial charge on any atom is 0.270 e. The first-order valence-electron chi connectivity index (χ1n) is 5.11. The summed E-state index contributed by atoms with van der Waals surface area (Å²) in [6.07, 6.45) is 0. The molecule has 0 aliphatic rings. The number of anilines is 1. The molecule has 98 valence electrons. The molecule has 9 heteroatoms. The van der Waals surface area contributed by atoms with Crippen LogP contribution in [0.3, 0.4) is 0 Å². The number of halogens is 1. The lowest BCUT2D eigenvalue weighted by atomic mass is 10.2. The van der Waals surface area contributed by atoms with Gasteiger partial charge in [-0.3, -0.25) is 25.3 Å². The topological polar surface area (TPSA) is 114 Å². The molecule has 2 aromatic rings. The van der Waals surface area contributed by atoms with E-state index in [2.05, 4.69) is 20.5 Å². The molecule has 0 atom stereocenters. The minimum absolute atomic E-state index is 0.0154. The smallest absolute Gasteiger partial charge is 0.270 e. The lowest BCUT2D eigenvalue weighted by molar-refractivity contribution is -0.384. The molecule has 0 saturated carbocycles. The second-order valence-corrected chi connectivity index (χ2v) is 4.03. The van der Waals surface area contributed by atoms with Crippen LogP contribution in [0.25, 0.3) is 0 Å². The van der Waals surface area contributed by atoms with Crippen LogP contribution in [-0.2, 0) is 0 Å². The van der Waals surface area contributed by atoms with E-state index in [-0.39, 0.29) is 22.2 Å². The van der Waals surface area contributed by atoms with Gasteiger partial charge in [0.1, 0.15) is 5.82 Å². The van der Waals surface area contributed by atoms with Crippen molar-refractivity contribution in [3.63, 3.8) is 0 Å². The van der Waals surface area contributed by atoms with Gasteiger partial charge in [-0.1, -0.05) is 11.6 Å². The summed E-state index contributed by atoms with van der Waals surface area (Å²) in [5, 5.41) is 19.4. The van der Waals surface area contributed by atoms with Gasteiger partial charge in [0, 0.05) is 12.1 Å². The fourth-order valence-electron chi connectivity index (χ4n) is 1.37. The number of aryl methyl sites for hydroxylation is 1. The van der Waals surface area contributed by atoms with Crippen molar-refractivity contribution >= 4 is 29.1 Å². The maximum absolute atomic E-state index is 11.9. The highest BCUT2D eigenvalue weighted by Gasteiger charge is 2.17. The van der Waals surface area contributed by atoms with Crippen molar-refractivity contribution < 1.29 is 9.72 Å². The van der Waals surface area contributed by atoms with E-state index < -0.39 is 10.8 Å². The van der Waals surface area contributed by atoms with Gasteiger partial charge in [0.05, 0.1) is 15.5 Å². The van der Waals surface area contributed by atoms with E-state index in [4.69, 9.17) is 11.6 Å². The van der Waals surface area contributed by atoms with Crippen LogP contribution in [0.5, 0.6) is 0 Å². The van der Waals surface area contributed by atoms with Gasteiger partial charge < -0.3 is 0 Å². The van der Waals surface area contributed by atoms with Gasteiger partial charge >= 0.3 is 0 Å². The Balaban J connectivity index is 2.27. The molecule has 0 saturated heterocycles. The van der Waals surface area contributed by atoms with Crippen molar-refractivity contribution in [2.45, 2.75) is 6.92 Å². The van der Waals surface area contributed by atoms with Crippen molar-refractivity contribution in [1.29, 1.82) is 0 Å². The largest absolute Gasteiger partial charge is 0.289 e. The van der Waals surface area contributed by atoms with Crippen LogP contribution in [0.1, 0.15) is 16.2 Å². The van der Waals surface area contributed by atoms with Gasteiger partial charge in [-0.05, 0) is 13.0 Å². The number of hydrogen-bond acceptors (Lipinski definition) is 5. The molecule has 2 N–H and O–H groups in total. The van der Waals surface area contributed by atoms with Crippen LogP contribution in [0.4, 0.5) is 11.6 Å². The first-order chi connectivity index (χ1) is 8.97. The Bertz CT molecular complexity index is 654. The van der Waals surface area contributed by atoms with E-state index in [0.29, 0.717) is 5.82 Å². The zero-order chi connectivity index (χ0) is 14.0. The number of nitro groups is 1. The van der Waals surface area contributed by atoms with Gasteiger partial charge in [0.15, 0.2) is 0 Å². The molecule has 0 aliphatic heterocycles. The molecule has 0 spiro atoms. The first-order valence-corrected chi connectivity index (χ1v) is 5.49. The third-order valence-corrected chi connectivity index (χ3v) is 2.56.